The van der Waals surface area contributed by atoms with Crippen LogP contribution in [0.15, 0.2) is 66.7 Å². The lowest BCUT2D eigenvalue weighted by molar-refractivity contribution is -0.120. The molecule has 0 spiro atoms. The van der Waals surface area contributed by atoms with Crippen LogP contribution in [0, 0.1) is 0 Å². The average Bonchev–Trinajstić information content (AvgIpc) is 2.79. The van der Waals surface area contributed by atoms with Gasteiger partial charge in [0.25, 0.3) is 0 Å². The summed E-state index contributed by atoms with van der Waals surface area (Å²) in [6.45, 7) is 9.39. The molecule has 1 saturated heterocycles. The molecule has 3 aromatic carbocycles. The number of nitrogens with zero attached hydrogens (tertiary/aromatic N) is 2. The molecule has 1 fully saturated rings. The van der Waals surface area contributed by atoms with Gasteiger partial charge in [0.1, 0.15) is 0 Å². The molecule has 1 heterocycles. The minimum Gasteiger partial charge on any atom is -0.352 e. The molecule has 0 saturated carbocycles. The number of amides is 1. The van der Waals surface area contributed by atoms with Crippen LogP contribution in [0.3, 0.4) is 0 Å². The summed E-state index contributed by atoms with van der Waals surface area (Å²) in [5.41, 5.74) is 3.57. The second-order valence-corrected chi connectivity index (χ2v) is 8.11. The van der Waals surface area contributed by atoms with E-state index in [9.17, 15) is 4.79 Å². The summed E-state index contributed by atoms with van der Waals surface area (Å²) in [4.78, 5) is 17.6. The monoisotopic (exact) mass is 401 g/mol. The van der Waals surface area contributed by atoms with Crippen LogP contribution in [0.4, 0.5) is 0 Å². The Hall–Kier alpha value is -2.69. The second kappa shape index (κ2) is 9.88. The summed E-state index contributed by atoms with van der Waals surface area (Å²) in [5.74, 6) is 0.0663. The number of likely N-dealkylation sites (N-methyl/N-ethyl adjacent to an activating group) is 1. The quantitative estimate of drug-likeness (QED) is 0.653. The number of carbonyl (C=O) groups is 1. The number of rotatable bonds is 7. The van der Waals surface area contributed by atoms with Gasteiger partial charge in [0.2, 0.25) is 5.91 Å². The number of fused-ring (bicyclic) bond motifs is 1. The number of piperazine rings is 1. The van der Waals surface area contributed by atoms with Crippen molar-refractivity contribution in [1.29, 1.82) is 0 Å². The lowest BCUT2D eigenvalue weighted by Crippen LogP contribution is -2.45. The van der Waals surface area contributed by atoms with E-state index in [-0.39, 0.29) is 5.91 Å². The Bertz CT molecular complexity index is 992. The van der Waals surface area contributed by atoms with Gasteiger partial charge in [0, 0.05) is 39.3 Å². The molecule has 30 heavy (non-hydrogen) atoms. The Balaban J connectivity index is 1.33. The van der Waals surface area contributed by atoms with Crippen molar-refractivity contribution in [3.63, 3.8) is 0 Å². The van der Waals surface area contributed by atoms with E-state index in [1.54, 1.807) is 0 Å². The highest BCUT2D eigenvalue weighted by Crippen LogP contribution is 2.17. The van der Waals surface area contributed by atoms with Gasteiger partial charge in [0.05, 0.1) is 6.42 Å². The predicted molar refractivity (Wildman–Crippen MR) is 123 cm³/mol. The van der Waals surface area contributed by atoms with E-state index in [0.717, 1.165) is 44.8 Å². The van der Waals surface area contributed by atoms with Crippen molar-refractivity contribution in [2.45, 2.75) is 26.4 Å². The van der Waals surface area contributed by atoms with Crippen molar-refractivity contribution >= 4 is 16.7 Å². The van der Waals surface area contributed by atoms with Crippen molar-refractivity contribution in [1.82, 2.24) is 15.1 Å². The van der Waals surface area contributed by atoms with Gasteiger partial charge in [0.15, 0.2) is 0 Å². The SMILES string of the molecule is CCN1CCN(Cc2ccccc2CNC(=O)Cc2ccc3ccccc3c2)CC1. The molecule has 0 atom stereocenters. The highest BCUT2D eigenvalue weighted by Gasteiger charge is 2.16. The molecule has 156 valence electrons. The van der Waals surface area contributed by atoms with E-state index < -0.39 is 0 Å². The lowest BCUT2D eigenvalue weighted by Gasteiger charge is -2.34. The Morgan fingerprint density at radius 1 is 0.833 bits per heavy atom. The molecular weight excluding hydrogens is 370 g/mol. The molecule has 1 amide bonds. The van der Waals surface area contributed by atoms with E-state index in [4.69, 9.17) is 0 Å². The molecule has 4 rings (SSSR count). The first-order valence-corrected chi connectivity index (χ1v) is 11.0. The van der Waals surface area contributed by atoms with Gasteiger partial charge in [-0.2, -0.15) is 0 Å². The molecule has 0 unspecified atom stereocenters. The van der Waals surface area contributed by atoms with E-state index in [1.807, 2.05) is 18.2 Å². The molecule has 1 aliphatic rings. The highest BCUT2D eigenvalue weighted by atomic mass is 16.1. The minimum atomic E-state index is 0.0663. The number of hydrogen-bond donors (Lipinski definition) is 1. The van der Waals surface area contributed by atoms with Crippen LogP contribution in [-0.2, 0) is 24.3 Å². The summed E-state index contributed by atoms with van der Waals surface area (Å²) >= 11 is 0. The van der Waals surface area contributed by atoms with E-state index in [2.05, 4.69) is 70.6 Å². The van der Waals surface area contributed by atoms with Crippen LogP contribution < -0.4 is 5.32 Å². The summed E-state index contributed by atoms with van der Waals surface area (Å²) < 4.78 is 0. The van der Waals surface area contributed by atoms with Crippen LogP contribution in [0.25, 0.3) is 10.8 Å². The molecule has 4 nitrogen and oxygen atoms in total. The lowest BCUT2D eigenvalue weighted by atomic mass is 10.0. The van der Waals surface area contributed by atoms with Crippen molar-refractivity contribution in [3.8, 4) is 0 Å². The first kappa shape index (κ1) is 20.6. The van der Waals surface area contributed by atoms with Crippen LogP contribution in [-0.4, -0.2) is 48.4 Å². The summed E-state index contributed by atoms with van der Waals surface area (Å²) in [7, 11) is 0. The third-order valence-electron chi connectivity index (χ3n) is 6.08. The van der Waals surface area contributed by atoms with Crippen molar-refractivity contribution in [2.24, 2.45) is 0 Å². The first-order chi connectivity index (χ1) is 14.7. The highest BCUT2D eigenvalue weighted by molar-refractivity contribution is 5.85. The molecule has 4 heteroatoms. The smallest absolute Gasteiger partial charge is 0.224 e. The standard InChI is InChI=1S/C26H31N3O/c1-2-28-13-15-29(16-14-28)20-25-10-6-5-9-24(25)19-27-26(30)18-21-11-12-22-7-3-4-8-23(22)17-21/h3-12,17H,2,13-16,18-20H2,1H3,(H,27,30). The number of carbonyl (C=O) groups excluding carboxylic acids is 1. The molecule has 3 aromatic rings. The minimum absolute atomic E-state index is 0.0663. The normalized spacial score (nSPS) is 15.4. The Labute approximate surface area is 179 Å². The second-order valence-electron chi connectivity index (χ2n) is 8.11. The van der Waals surface area contributed by atoms with Crippen LogP contribution in [0.1, 0.15) is 23.6 Å². The zero-order chi connectivity index (χ0) is 20.8. The first-order valence-electron chi connectivity index (χ1n) is 11.0. The zero-order valence-corrected chi connectivity index (χ0v) is 17.8. The largest absolute Gasteiger partial charge is 0.352 e. The molecule has 0 bridgehead atoms. The van der Waals surface area contributed by atoms with Crippen molar-refractivity contribution in [3.05, 3.63) is 83.4 Å². The molecule has 0 aromatic heterocycles. The topological polar surface area (TPSA) is 35.6 Å². The molecule has 0 radical (unpaired) electrons. The maximum Gasteiger partial charge on any atom is 0.224 e. The van der Waals surface area contributed by atoms with Crippen molar-refractivity contribution < 1.29 is 4.79 Å². The van der Waals surface area contributed by atoms with E-state index in [0.29, 0.717) is 13.0 Å². The summed E-state index contributed by atoms with van der Waals surface area (Å²) in [5, 5.41) is 5.50. The van der Waals surface area contributed by atoms with Crippen LogP contribution in [0.2, 0.25) is 0 Å². The fourth-order valence-corrected chi connectivity index (χ4v) is 4.18. The Morgan fingerprint density at radius 3 is 2.27 bits per heavy atom. The van der Waals surface area contributed by atoms with Crippen LogP contribution >= 0.6 is 0 Å². The zero-order valence-electron chi connectivity index (χ0n) is 17.8. The summed E-state index contributed by atoms with van der Waals surface area (Å²) in [6.07, 6.45) is 0.409. The number of hydrogen-bond acceptors (Lipinski definition) is 3. The summed E-state index contributed by atoms with van der Waals surface area (Å²) in [6, 6.07) is 23.0. The number of nitrogens with one attached hydrogen (secondary N) is 1. The maximum atomic E-state index is 12.6. The third-order valence-corrected chi connectivity index (χ3v) is 6.08. The fourth-order valence-electron chi connectivity index (χ4n) is 4.18. The van der Waals surface area contributed by atoms with Gasteiger partial charge >= 0.3 is 0 Å². The van der Waals surface area contributed by atoms with E-state index >= 15 is 0 Å². The fraction of sp³-hybridized carbons (Fsp3) is 0.346. The molecular formula is C26H31N3O. The Morgan fingerprint density at radius 2 is 1.50 bits per heavy atom. The number of benzene rings is 3. The van der Waals surface area contributed by atoms with Gasteiger partial charge in [-0.3, -0.25) is 9.69 Å². The van der Waals surface area contributed by atoms with E-state index in [1.165, 1.54) is 21.9 Å². The van der Waals surface area contributed by atoms with Crippen molar-refractivity contribution in [2.75, 3.05) is 32.7 Å². The average molecular weight is 402 g/mol. The van der Waals surface area contributed by atoms with Gasteiger partial charge in [-0.05, 0) is 34.0 Å². The van der Waals surface area contributed by atoms with Crippen LogP contribution in [0.5, 0.6) is 0 Å². The van der Waals surface area contributed by atoms with Gasteiger partial charge in [-0.1, -0.05) is 73.7 Å². The molecule has 1 N–H and O–H groups in total. The molecule has 0 aliphatic carbocycles. The Kier molecular flexibility index (Phi) is 6.77. The molecule has 1 aliphatic heterocycles. The maximum absolute atomic E-state index is 12.6. The third kappa shape index (κ3) is 5.26. The predicted octanol–water partition coefficient (Wildman–Crippen LogP) is 3.84. The van der Waals surface area contributed by atoms with Gasteiger partial charge in [-0.15, -0.1) is 0 Å². The van der Waals surface area contributed by atoms with Gasteiger partial charge < -0.3 is 10.2 Å². The van der Waals surface area contributed by atoms with Gasteiger partial charge in [-0.25, -0.2) is 0 Å².